The van der Waals surface area contributed by atoms with Crippen LogP contribution in [0.25, 0.3) is 0 Å². The summed E-state index contributed by atoms with van der Waals surface area (Å²) in [4.78, 5) is 2.74. The van der Waals surface area contributed by atoms with Gasteiger partial charge in [0.2, 0.25) is 0 Å². The normalized spacial score (nSPS) is 22.4. The topological polar surface area (TPSA) is 24.5 Å². The van der Waals surface area contributed by atoms with Crippen molar-refractivity contribution in [2.75, 3.05) is 39.9 Å². The zero-order chi connectivity index (χ0) is 15.0. The highest BCUT2D eigenvalue weighted by atomic mass is 16.5. The molecule has 3 heteroatoms. The molecular weight excluding hydrogens is 260 g/mol. The van der Waals surface area contributed by atoms with Gasteiger partial charge in [0.05, 0.1) is 6.61 Å². The van der Waals surface area contributed by atoms with Crippen LogP contribution < -0.4 is 5.32 Å². The zero-order valence-corrected chi connectivity index (χ0v) is 14.3. The molecule has 0 radical (unpaired) electrons. The molecule has 0 heterocycles. The fraction of sp³-hybridized carbons (Fsp3) is 1.00. The minimum Gasteiger partial charge on any atom is -0.383 e. The maximum atomic E-state index is 5.34. The second-order valence-electron chi connectivity index (χ2n) is 7.29. The summed E-state index contributed by atoms with van der Waals surface area (Å²) in [6.07, 6.45) is 12.6. The third kappa shape index (κ3) is 5.88. The van der Waals surface area contributed by atoms with Gasteiger partial charge in [0.15, 0.2) is 0 Å². The van der Waals surface area contributed by atoms with E-state index in [0.29, 0.717) is 5.41 Å². The summed E-state index contributed by atoms with van der Waals surface area (Å²) in [5.41, 5.74) is 0.516. The third-order valence-corrected chi connectivity index (χ3v) is 5.28. The molecule has 0 unspecified atom stereocenters. The van der Waals surface area contributed by atoms with Crippen LogP contribution in [0.15, 0.2) is 0 Å². The molecule has 0 atom stereocenters. The predicted molar refractivity (Wildman–Crippen MR) is 89.8 cm³/mol. The van der Waals surface area contributed by atoms with Crippen molar-refractivity contribution in [3.05, 3.63) is 0 Å². The first-order valence-corrected chi connectivity index (χ1v) is 9.23. The van der Waals surface area contributed by atoms with Gasteiger partial charge in [-0.2, -0.15) is 0 Å². The van der Waals surface area contributed by atoms with Crippen LogP contribution in [0, 0.1) is 5.41 Å². The third-order valence-electron chi connectivity index (χ3n) is 5.28. The number of hydrogen-bond acceptors (Lipinski definition) is 3. The molecule has 2 fully saturated rings. The number of ether oxygens (including phenoxy) is 1. The summed E-state index contributed by atoms with van der Waals surface area (Å²) in [7, 11) is 1.83. The molecule has 0 bridgehead atoms. The Kier molecular flexibility index (Phi) is 7.48. The van der Waals surface area contributed by atoms with Crippen molar-refractivity contribution in [1.82, 2.24) is 10.2 Å². The van der Waals surface area contributed by atoms with E-state index in [2.05, 4.69) is 17.1 Å². The fourth-order valence-electron chi connectivity index (χ4n) is 3.87. The highest BCUT2D eigenvalue weighted by molar-refractivity contribution is 4.92. The predicted octanol–water partition coefficient (Wildman–Crippen LogP) is 3.44. The Morgan fingerprint density at radius 1 is 1.14 bits per heavy atom. The Morgan fingerprint density at radius 3 is 2.43 bits per heavy atom. The summed E-state index contributed by atoms with van der Waals surface area (Å²) in [6.45, 7) is 7.95. The lowest BCUT2D eigenvalue weighted by atomic mass is 9.79. The standard InChI is InChI=1S/C18H36N2O/c1-3-12-19-15-18(10-6-4-5-7-11-18)16-20(13-14-21-2)17-8-9-17/h17,19H,3-16H2,1-2H3. The Balaban J connectivity index is 1.94. The van der Waals surface area contributed by atoms with E-state index in [0.717, 1.165) is 19.2 Å². The number of hydrogen-bond donors (Lipinski definition) is 1. The van der Waals surface area contributed by atoms with E-state index in [1.165, 1.54) is 77.4 Å². The first-order chi connectivity index (χ1) is 10.3. The molecule has 0 spiro atoms. The molecule has 0 saturated heterocycles. The number of nitrogens with zero attached hydrogens (tertiary/aromatic N) is 1. The van der Waals surface area contributed by atoms with Crippen LogP contribution in [0.5, 0.6) is 0 Å². The van der Waals surface area contributed by atoms with E-state index in [4.69, 9.17) is 4.74 Å². The molecule has 2 saturated carbocycles. The van der Waals surface area contributed by atoms with Gasteiger partial charge in [0, 0.05) is 32.8 Å². The minimum atomic E-state index is 0.516. The molecule has 2 rings (SSSR count). The Labute approximate surface area is 131 Å². The summed E-state index contributed by atoms with van der Waals surface area (Å²) < 4.78 is 5.34. The smallest absolute Gasteiger partial charge is 0.0589 e. The SMILES string of the molecule is CCCNCC1(CN(CCOC)C2CC2)CCCCCC1. The summed E-state index contributed by atoms with van der Waals surface area (Å²) in [5, 5.41) is 3.74. The van der Waals surface area contributed by atoms with Gasteiger partial charge >= 0.3 is 0 Å². The Hall–Kier alpha value is -0.120. The van der Waals surface area contributed by atoms with Gasteiger partial charge in [0.25, 0.3) is 0 Å². The van der Waals surface area contributed by atoms with Gasteiger partial charge in [-0.05, 0) is 44.1 Å². The highest BCUT2D eigenvalue weighted by Crippen LogP contribution is 2.38. The van der Waals surface area contributed by atoms with E-state index >= 15 is 0 Å². The van der Waals surface area contributed by atoms with E-state index in [-0.39, 0.29) is 0 Å². The van der Waals surface area contributed by atoms with Crippen LogP contribution in [0.1, 0.15) is 64.7 Å². The summed E-state index contributed by atoms with van der Waals surface area (Å²) >= 11 is 0. The lowest BCUT2D eigenvalue weighted by molar-refractivity contribution is 0.0885. The zero-order valence-electron chi connectivity index (χ0n) is 14.3. The average Bonchev–Trinajstić information content (AvgIpc) is 3.32. The molecule has 2 aliphatic carbocycles. The quantitative estimate of drug-likeness (QED) is 0.494. The molecular formula is C18H36N2O. The van der Waals surface area contributed by atoms with E-state index in [1.54, 1.807) is 0 Å². The lowest BCUT2D eigenvalue weighted by Crippen LogP contribution is -2.46. The Morgan fingerprint density at radius 2 is 1.86 bits per heavy atom. The van der Waals surface area contributed by atoms with Crippen LogP contribution in [-0.2, 0) is 4.74 Å². The van der Waals surface area contributed by atoms with Gasteiger partial charge in [-0.1, -0.05) is 32.6 Å². The van der Waals surface area contributed by atoms with E-state index in [1.807, 2.05) is 7.11 Å². The molecule has 0 amide bonds. The van der Waals surface area contributed by atoms with Gasteiger partial charge in [-0.25, -0.2) is 0 Å². The van der Waals surface area contributed by atoms with Crippen molar-refractivity contribution in [3.8, 4) is 0 Å². The number of nitrogens with one attached hydrogen (secondary N) is 1. The van der Waals surface area contributed by atoms with Crippen molar-refractivity contribution in [2.24, 2.45) is 5.41 Å². The van der Waals surface area contributed by atoms with Crippen molar-refractivity contribution in [2.45, 2.75) is 70.8 Å². The second kappa shape index (κ2) is 9.12. The van der Waals surface area contributed by atoms with Crippen molar-refractivity contribution in [3.63, 3.8) is 0 Å². The summed E-state index contributed by atoms with van der Waals surface area (Å²) in [6, 6.07) is 0.853. The van der Waals surface area contributed by atoms with Crippen LogP contribution in [0.2, 0.25) is 0 Å². The number of rotatable bonds is 10. The first kappa shape index (κ1) is 17.2. The van der Waals surface area contributed by atoms with Gasteiger partial charge in [-0.15, -0.1) is 0 Å². The molecule has 3 nitrogen and oxygen atoms in total. The molecule has 0 aromatic carbocycles. The lowest BCUT2D eigenvalue weighted by Gasteiger charge is -2.38. The molecule has 0 aliphatic heterocycles. The van der Waals surface area contributed by atoms with Crippen LogP contribution in [0.4, 0.5) is 0 Å². The van der Waals surface area contributed by atoms with E-state index in [9.17, 15) is 0 Å². The van der Waals surface area contributed by atoms with E-state index < -0.39 is 0 Å². The second-order valence-corrected chi connectivity index (χ2v) is 7.29. The van der Waals surface area contributed by atoms with Crippen LogP contribution >= 0.6 is 0 Å². The van der Waals surface area contributed by atoms with Gasteiger partial charge in [-0.3, -0.25) is 4.90 Å². The molecule has 1 N–H and O–H groups in total. The molecule has 2 aliphatic rings. The van der Waals surface area contributed by atoms with Crippen LogP contribution in [-0.4, -0.2) is 50.8 Å². The molecule has 21 heavy (non-hydrogen) atoms. The first-order valence-electron chi connectivity index (χ1n) is 9.23. The van der Waals surface area contributed by atoms with Gasteiger partial charge < -0.3 is 10.1 Å². The van der Waals surface area contributed by atoms with Crippen molar-refractivity contribution in [1.29, 1.82) is 0 Å². The largest absolute Gasteiger partial charge is 0.383 e. The molecule has 124 valence electrons. The highest BCUT2D eigenvalue weighted by Gasteiger charge is 2.37. The van der Waals surface area contributed by atoms with Crippen LogP contribution in [0.3, 0.4) is 0 Å². The number of methoxy groups -OCH3 is 1. The fourth-order valence-corrected chi connectivity index (χ4v) is 3.87. The molecule has 0 aromatic rings. The minimum absolute atomic E-state index is 0.516. The average molecular weight is 296 g/mol. The van der Waals surface area contributed by atoms with Crippen molar-refractivity contribution < 1.29 is 4.74 Å². The van der Waals surface area contributed by atoms with Crippen molar-refractivity contribution >= 4 is 0 Å². The Bertz CT molecular complexity index is 270. The maximum Gasteiger partial charge on any atom is 0.0589 e. The summed E-state index contributed by atoms with van der Waals surface area (Å²) in [5.74, 6) is 0. The van der Waals surface area contributed by atoms with Gasteiger partial charge in [0.1, 0.15) is 0 Å². The maximum absolute atomic E-state index is 5.34. The monoisotopic (exact) mass is 296 g/mol. The molecule has 0 aromatic heterocycles.